The van der Waals surface area contributed by atoms with Gasteiger partial charge in [-0.25, -0.2) is 0 Å². The van der Waals surface area contributed by atoms with Crippen LogP contribution in [0.2, 0.25) is 5.02 Å². The van der Waals surface area contributed by atoms with Crippen LogP contribution in [0, 0.1) is 5.41 Å². The zero-order chi connectivity index (χ0) is 11.4. The van der Waals surface area contributed by atoms with Crippen LogP contribution in [0.15, 0.2) is 24.3 Å². The lowest BCUT2D eigenvalue weighted by molar-refractivity contribution is -0.00262. The van der Waals surface area contributed by atoms with E-state index in [2.05, 4.69) is 6.07 Å². The third kappa shape index (κ3) is 2.57. The molecule has 0 spiro atoms. The SMILES string of the molecule is NCC1(Cc2ccccc2Cl)CCCOC1. The summed E-state index contributed by atoms with van der Waals surface area (Å²) in [5, 5.41) is 0.834. The van der Waals surface area contributed by atoms with E-state index in [0.717, 1.165) is 37.5 Å². The average molecular weight is 240 g/mol. The van der Waals surface area contributed by atoms with Gasteiger partial charge in [0.05, 0.1) is 6.61 Å². The Hall–Kier alpha value is -0.570. The second-order valence-corrected chi connectivity index (χ2v) is 5.04. The molecule has 2 rings (SSSR count). The Morgan fingerprint density at radius 2 is 2.19 bits per heavy atom. The number of benzene rings is 1. The van der Waals surface area contributed by atoms with Gasteiger partial charge in [0.2, 0.25) is 0 Å². The Morgan fingerprint density at radius 3 is 2.81 bits per heavy atom. The van der Waals surface area contributed by atoms with E-state index >= 15 is 0 Å². The largest absolute Gasteiger partial charge is 0.381 e. The lowest BCUT2D eigenvalue weighted by atomic mass is 9.77. The van der Waals surface area contributed by atoms with Gasteiger partial charge in [0.15, 0.2) is 0 Å². The first-order valence-corrected chi connectivity index (χ1v) is 6.15. The maximum atomic E-state index is 6.18. The summed E-state index contributed by atoms with van der Waals surface area (Å²) in [6.07, 6.45) is 3.15. The molecule has 2 N–H and O–H groups in total. The lowest BCUT2D eigenvalue weighted by Gasteiger charge is -2.36. The van der Waals surface area contributed by atoms with Crippen molar-refractivity contribution in [3.05, 3.63) is 34.9 Å². The highest BCUT2D eigenvalue weighted by atomic mass is 35.5. The Balaban J connectivity index is 2.15. The van der Waals surface area contributed by atoms with E-state index in [9.17, 15) is 0 Å². The Labute approximate surface area is 102 Å². The number of rotatable bonds is 3. The summed E-state index contributed by atoms with van der Waals surface area (Å²) in [5.74, 6) is 0. The molecule has 1 aromatic rings. The molecule has 1 atom stereocenters. The number of halogens is 1. The molecule has 1 heterocycles. The van der Waals surface area contributed by atoms with Gasteiger partial charge in [0, 0.05) is 23.6 Å². The van der Waals surface area contributed by atoms with Crippen LogP contribution in [-0.2, 0) is 11.2 Å². The Morgan fingerprint density at radius 1 is 1.38 bits per heavy atom. The molecule has 0 aromatic heterocycles. The maximum absolute atomic E-state index is 6.18. The second kappa shape index (κ2) is 5.17. The predicted octanol–water partition coefficient (Wildman–Crippen LogP) is 2.64. The lowest BCUT2D eigenvalue weighted by Crippen LogP contribution is -2.40. The molecule has 0 radical (unpaired) electrons. The predicted molar refractivity (Wildman–Crippen MR) is 66.7 cm³/mol. The molecular weight excluding hydrogens is 222 g/mol. The van der Waals surface area contributed by atoms with Crippen LogP contribution < -0.4 is 5.73 Å². The van der Waals surface area contributed by atoms with E-state index < -0.39 is 0 Å². The summed E-state index contributed by atoms with van der Waals surface area (Å²) >= 11 is 6.18. The molecule has 0 saturated carbocycles. The fourth-order valence-electron chi connectivity index (χ4n) is 2.33. The molecule has 2 nitrogen and oxygen atoms in total. The molecule has 0 bridgehead atoms. The van der Waals surface area contributed by atoms with Gasteiger partial charge in [-0.05, 0) is 30.9 Å². The van der Waals surface area contributed by atoms with Crippen LogP contribution in [-0.4, -0.2) is 19.8 Å². The van der Waals surface area contributed by atoms with Crippen LogP contribution in [0.3, 0.4) is 0 Å². The van der Waals surface area contributed by atoms with Crippen LogP contribution in [0.1, 0.15) is 18.4 Å². The van der Waals surface area contributed by atoms with Crippen molar-refractivity contribution in [1.29, 1.82) is 0 Å². The molecule has 1 aliphatic heterocycles. The molecule has 1 fully saturated rings. The molecule has 1 unspecified atom stereocenters. The van der Waals surface area contributed by atoms with E-state index in [0.29, 0.717) is 6.54 Å². The summed E-state index contributed by atoms with van der Waals surface area (Å²) in [6, 6.07) is 7.99. The monoisotopic (exact) mass is 239 g/mol. The fraction of sp³-hybridized carbons (Fsp3) is 0.538. The smallest absolute Gasteiger partial charge is 0.0537 e. The van der Waals surface area contributed by atoms with Crippen molar-refractivity contribution in [3.8, 4) is 0 Å². The number of hydrogen-bond donors (Lipinski definition) is 1. The first-order chi connectivity index (χ1) is 7.76. The molecule has 1 saturated heterocycles. The van der Waals surface area contributed by atoms with Gasteiger partial charge in [-0.2, -0.15) is 0 Å². The molecule has 1 aromatic carbocycles. The van der Waals surface area contributed by atoms with Gasteiger partial charge < -0.3 is 10.5 Å². The minimum atomic E-state index is 0.0866. The Kier molecular flexibility index (Phi) is 3.85. The summed E-state index contributed by atoms with van der Waals surface area (Å²) < 4.78 is 5.57. The van der Waals surface area contributed by atoms with E-state index in [1.54, 1.807) is 0 Å². The normalized spacial score (nSPS) is 25.6. The molecule has 3 heteroatoms. The van der Waals surface area contributed by atoms with Gasteiger partial charge >= 0.3 is 0 Å². The van der Waals surface area contributed by atoms with Crippen molar-refractivity contribution >= 4 is 11.6 Å². The quantitative estimate of drug-likeness (QED) is 0.880. The maximum Gasteiger partial charge on any atom is 0.0537 e. The summed E-state index contributed by atoms with van der Waals surface area (Å²) in [7, 11) is 0. The van der Waals surface area contributed by atoms with Crippen molar-refractivity contribution in [2.24, 2.45) is 11.1 Å². The van der Waals surface area contributed by atoms with E-state index in [1.807, 2.05) is 18.2 Å². The van der Waals surface area contributed by atoms with Crippen molar-refractivity contribution in [1.82, 2.24) is 0 Å². The van der Waals surface area contributed by atoms with Crippen molar-refractivity contribution in [2.45, 2.75) is 19.3 Å². The van der Waals surface area contributed by atoms with Gasteiger partial charge in [0.1, 0.15) is 0 Å². The van der Waals surface area contributed by atoms with E-state index in [-0.39, 0.29) is 5.41 Å². The molecule has 88 valence electrons. The topological polar surface area (TPSA) is 35.2 Å². The van der Waals surface area contributed by atoms with Crippen molar-refractivity contribution in [3.63, 3.8) is 0 Å². The minimum absolute atomic E-state index is 0.0866. The molecule has 16 heavy (non-hydrogen) atoms. The summed E-state index contributed by atoms with van der Waals surface area (Å²) in [4.78, 5) is 0. The van der Waals surface area contributed by atoms with E-state index in [1.165, 1.54) is 5.56 Å². The molecule has 1 aliphatic rings. The van der Waals surface area contributed by atoms with Gasteiger partial charge in [-0.3, -0.25) is 0 Å². The summed E-state index contributed by atoms with van der Waals surface area (Å²) in [6.45, 7) is 2.29. The third-order valence-electron chi connectivity index (χ3n) is 3.36. The number of nitrogens with two attached hydrogens (primary N) is 1. The molecule has 0 amide bonds. The van der Waals surface area contributed by atoms with Crippen LogP contribution in [0.4, 0.5) is 0 Å². The highest BCUT2D eigenvalue weighted by molar-refractivity contribution is 6.31. The third-order valence-corrected chi connectivity index (χ3v) is 3.73. The zero-order valence-corrected chi connectivity index (χ0v) is 10.2. The van der Waals surface area contributed by atoms with Crippen LogP contribution in [0.25, 0.3) is 0 Å². The number of hydrogen-bond acceptors (Lipinski definition) is 2. The standard InChI is InChI=1S/C13H18ClNO/c14-12-5-2-1-4-11(12)8-13(9-15)6-3-7-16-10-13/h1-2,4-5H,3,6-10,15H2. The first-order valence-electron chi connectivity index (χ1n) is 5.77. The van der Waals surface area contributed by atoms with Crippen LogP contribution >= 0.6 is 11.6 Å². The minimum Gasteiger partial charge on any atom is -0.381 e. The van der Waals surface area contributed by atoms with Gasteiger partial charge in [-0.15, -0.1) is 0 Å². The van der Waals surface area contributed by atoms with Gasteiger partial charge in [0.25, 0.3) is 0 Å². The number of ether oxygens (including phenoxy) is 1. The van der Waals surface area contributed by atoms with Gasteiger partial charge in [-0.1, -0.05) is 29.8 Å². The van der Waals surface area contributed by atoms with Crippen molar-refractivity contribution < 1.29 is 4.74 Å². The highest BCUT2D eigenvalue weighted by Gasteiger charge is 2.32. The summed E-state index contributed by atoms with van der Waals surface area (Å²) in [5.41, 5.74) is 7.18. The fourth-order valence-corrected chi connectivity index (χ4v) is 2.53. The molecule has 0 aliphatic carbocycles. The molecular formula is C13H18ClNO. The zero-order valence-electron chi connectivity index (χ0n) is 9.42. The second-order valence-electron chi connectivity index (χ2n) is 4.63. The Bertz CT molecular complexity index is 348. The first kappa shape index (κ1) is 11.9. The van der Waals surface area contributed by atoms with E-state index in [4.69, 9.17) is 22.1 Å². The average Bonchev–Trinajstić information content (AvgIpc) is 2.33. The highest BCUT2D eigenvalue weighted by Crippen LogP contribution is 2.33. The van der Waals surface area contributed by atoms with Crippen LogP contribution in [0.5, 0.6) is 0 Å². The van der Waals surface area contributed by atoms with Crippen molar-refractivity contribution in [2.75, 3.05) is 19.8 Å².